The number of nitrogens with one attached hydrogen (secondary N) is 1. The zero-order valence-corrected chi connectivity index (χ0v) is 14.4. The average molecular weight is 360 g/mol. The summed E-state index contributed by atoms with van der Waals surface area (Å²) in [5.74, 6) is 0.690. The minimum Gasteiger partial charge on any atom is -0.362 e. The zero-order valence-electron chi connectivity index (χ0n) is 12.0. The lowest BCUT2D eigenvalue weighted by molar-refractivity contribution is 0.581. The van der Waals surface area contributed by atoms with Gasteiger partial charge in [0.25, 0.3) is 0 Å². The molecule has 0 saturated carbocycles. The van der Waals surface area contributed by atoms with E-state index in [-0.39, 0.29) is 21.5 Å². The second-order valence-electron chi connectivity index (χ2n) is 4.76. The van der Waals surface area contributed by atoms with Gasteiger partial charge in [-0.25, -0.2) is 18.1 Å². The molecule has 1 aromatic heterocycles. The van der Waals surface area contributed by atoms with Crippen molar-refractivity contribution in [1.29, 1.82) is 0 Å². The molecule has 0 radical (unpaired) electrons. The summed E-state index contributed by atoms with van der Waals surface area (Å²) in [6.07, 6.45) is 1.65. The molecule has 0 amide bonds. The van der Waals surface area contributed by atoms with E-state index in [9.17, 15) is 8.42 Å². The molecule has 0 bridgehead atoms. The van der Waals surface area contributed by atoms with Gasteiger partial charge in [-0.3, -0.25) is 0 Å². The van der Waals surface area contributed by atoms with Crippen molar-refractivity contribution >= 4 is 39.0 Å². The first-order valence-corrected chi connectivity index (χ1v) is 8.61. The maximum absolute atomic E-state index is 12.4. The van der Waals surface area contributed by atoms with E-state index in [2.05, 4.69) is 9.71 Å². The van der Waals surface area contributed by atoms with E-state index in [4.69, 9.17) is 23.2 Å². The minimum absolute atomic E-state index is 0.0824. The average Bonchev–Trinajstić information content (AvgIpc) is 2.45. The van der Waals surface area contributed by atoms with E-state index >= 15 is 0 Å². The number of anilines is 1. The predicted molar refractivity (Wildman–Crippen MR) is 89.1 cm³/mol. The second kappa shape index (κ2) is 6.83. The summed E-state index contributed by atoms with van der Waals surface area (Å²) in [6, 6.07) is 8.11. The third-order valence-corrected chi connectivity index (χ3v) is 5.29. The van der Waals surface area contributed by atoms with E-state index < -0.39 is 10.0 Å². The van der Waals surface area contributed by atoms with E-state index in [1.807, 2.05) is 19.0 Å². The number of pyridine rings is 1. The Kier molecular flexibility index (Phi) is 5.28. The number of hydrogen-bond acceptors (Lipinski definition) is 4. The highest BCUT2D eigenvalue weighted by Crippen LogP contribution is 2.29. The van der Waals surface area contributed by atoms with Gasteiger partial charge in [0.2, 0.25) is 10.0 Å². The number of sulfonamides is 1. The smallest absolute Gasteiger partial charge is 0.243 e. The van der Waals surface area contributed by atoms with Gasteiger partial charge in [0.05, 0.1) is 10.0 Å². The van der Waals surface area contributed by atoms with Gasteiger partial charge in [0.15, 0.2) is 0 Å². The molecule has 8 heteroatoms. The van der Waals surface area contributed by atoms with Crippen molar-refractivity contribution in [2.24, 2.45) is 0 Å². The molecule has 0 fully saturated rings. The first-order valence-electron chi connectivity index (χ1n) is 6.38. The number of hydrogen-bond donors (Lipinski definition) is 1. The number of nitrogens with zero attached hydrogens (tertiary/aromatic N) is 2. The van der Waals surface area contributed by atoms with Gasteiger partial charge in [-0.15, -0.1) is 0 Å². The van der Waals surface area contributed by atoms with Crippen LogP contribution in [0.15, 0.2) is 41.4 Å². The van der Waals surface area contributed by atoms with Crippen molar-refractivity contribution in [2.45, 2.75) is 11.4 Å². The van der Waals surface area contributed by atoms with E-state index in [0.29, 0.717) is 5.82 Å². The summed E-state index contributed by atoms with van der Waals surface area (Å²) in [6.45, 7) is 0.0885. The molecule has 118 valence electrons. The van der Waals surface area contributed by atoms with Crippen LogP contribution < -0.4 is 9.62 Å². The fourth-order valence-electron chi connectivity index (χ4n) is 1.96. The highest BCUT2D eigenvalue weighted by atomic mass is 35.5. The van der Waals surface area contributed by atoms with Gasteiger partial charge in [0.1, 0.15) is 10.7 Å². The minimum atomic E-state index is -3.82. The van der Waals surface area contributed by atoms with Crippen LogP contribution in [0.4, 0.5) is 5.82 Å². The number of benzene rings is 1. The van der Waals surface area contributed by atoms with Crippen LogP contribution in [0.2, 0.25) is 10.0 Å². The van der Waals surface area contributed by atoms with Crippen molar-refractivity contribution in [3.63, 3.8) is 0 Å². The topological polar surface area (TPSA) is 62.3 Å². The van der Waals surface area contributed by atoms with Crippen molar-refractivity contribution in [3.05, 3.63) is 52.1 Å². The predicted octanol–water partition coefficient (Wildman–Crippen LogP) is 2.93. The number of halogens is 2. The molecule has 2 rings (SSSR count). The summed E-state index contributed by atoms with van der Waals surface area (Å²) in [7, 11) is -0.145. The monoisotopic (exact) mass is 359 g/mol. The maximum atomic E-state index is 12.4. The molecule has 0 atom stereocenters. The van der Waals surface area contributed by atoms with Crippen LogP contribution in [-0.2, 0) is 16.6 Å². The molecule has 1 heterocycles. The Bertz CT molecular complexity index is 759. The Labute approximate surface area is 139 Å². The summed E-state index contributed by atoms with van der Waals surface area (Å²) in [5, 5.41) is 0.165. The van der Waals surface area contributed by atoms with Crippen molar-refractivity contribution < 1.29 is 8.42 Å². The Morgan fingerprint density at radius 3 is 2.36 bits per heavy atom. The Morgan fingerprint density at radius 1 is 1.14 bits per heavy atom. The Hall–Kier alpha value is -1.34. The Morgan fingerprint density at radius 2 is 1.77 bits per heavy atom. The third kappa shape index (κ3) is 3.70. The molecule has 22 heavy (non-hydrogen) atoms. The van der Waals surface area contributed by atoms with Crippen LogP contribution in [0.3, 0.4) is 0 Å². The molecule has 5 nitrogen and oxygen atoms in total. The van der Waals surface area contributed by atoms with Crippen LogP contribution in [0.25, 0.3) is 0 Å². The highest BCUT2D eigenvalue weighted by Gasteiger charge is 2.21. The van der Waals surface area contributed by atoms with Gasteiger partial charge in [-0.1, -0.05) is 35.3 Å². The van der Waals surface area contributed by atoms with E-state index in [0.717, 1.165) is 5.56 Å². The molecule has 0 saturated heterocycles. The third-order valence-electron chi connectivity index (χ3n) is 2.93. The largest absolute Gasteiger partial charge is 0.362 e. The first-order chi connectivity index (χ1) is 10.3. The molecule has 0 aliphatic rings. The van der Waals surface area contributed by atoms with E-state index in [1.165, 1.54) is 12.1 Å². The lowest BCUT2D eigenvalue weighted by Crippen LogP contribution is -2.25. The van der Waals surface area contributed by atoms with Crippen LogP contribution >= 0.6 is 23.2 Å². The quantitative estimate of drug-likeness (QED) is 0.891. The Balaban J connectivity index is 2.28. The fraction of sp³-hybridized carbons (Fsp3) is 0.214. The molecule has 0 unspecified atom stereocenters. The van der Waals surface area contributed by atoms with Gasteiger partial charge in [-0.05, 0) is 18.2 Å². The SMILES string of the molecule is CN(C)c1ncccc1CNS(=O)(=O)c1c(Cl)cccc1Cl. The molecule has 0 aliphatic heterocycles. The van der Waals surface area contributed by atoms with Crippen LogP contribution in [0.1, 0.15) is 5.56 Å². The number of rotatable bonds is 5. The summed E-state index contributed by atoms with van der Waals surface area (Å²) >= 11 is 11.9. The van der Waals surface area contributed by atoms with Crippen molar-refractivity contribution in [2.75, 3.05) is 19.0 Å². The molecular weight excluding hydrogens is 345 g/mol. The zero-order chi connectivity index (χ0) is 16.3. The molecule has 2 aromatic rings. The molecule has 1 aromatic carbocycles. The van der Waals surface area contributed by atoms with Crippen LogP contribution in [-0.4, -0.2) is 27.5 Å². The van der Waals surface area contributed by atoms with Crippen molar-refractivity contribution in [3.8, 4) is 0 Å². The molecular formula is C14H15Cl2N3O2S. The fourth-order valence-corrected chi connectivity index (χ4v) is 4.10. The molecule has 1 N–H and O–H groups in total. The normalized spacial score (nSPS) is 11.5. The lowest BCUT2D eigenvalue weighted by Gasteiger charge is -2.16. The first kappa shape index (κ1) is 17.0. The van der Waals surface area contributed by atoms with E-state index in [1.54, 1.807) is 24.4 Å². The van der Waals surface area contributed by atoms with Gasteiger partial charge >= 0.3 is 0 Å². The van der Waals surface area contributed by atoms with Gasteiger partial charge in [0, 0.05) is 32.4 Å². The van der Waals surface area contributed by atoms with Gasteiger partial charge in [-0.2, -0.15) is 0 Å². The van der Waals surface area contributed by atoms with Crippen molar-refractivity contribution in [1.82, 2.24) is 9.71 Å². The van der Waals surface area contributed by atoms with Crippen LogP contribution in [0.5, 0.6) is 0 Å². The van der Waals surface area contributed by atoms with Gasteiger partial charge < -0.3 is 4.90 Å². The highest BCUT2D eigenvalue weighted by molar-refractivity contribution is 7.89. The maximum Gasteiger partial charge on any atom is 0.243 e. The lowest BCUT2D eigenvalue weighted by atomic mass is 10.2. The molecule has 0 spiro atoms. The number of aromatic nitrogens is 1. The van der Waals surface area contributed by atoms with Crippen LogP contribution in [0, 0.1) is 0 Å². The molecule has 0 aliphatic carbocycles. The second-order valence-corrected chi connectivity index (χ2v) is 7.27. The summed E-state index contributed by atoms with van der Waals surface area (Å²) < 4.78 is 27.3. The standard InChI is InChI=1S/C14H15Cl2N3O2S/c1-19(2)14-10(5-4-8-17-14)9-18-22(20,21)13-11(15)6-3-7-12(13)16/h3-8,18H,9H2,1-2H3. The summed E-state index contributed by atoms with van der Waals surface area (Å²) in [4.78, 5) is 5.92. The summed E-state index contributed by atoms with van der Waals surface area (Å²) in [5.41, 5.74) is 0.749.